The van der Waals surface area contributed by atoms with Crippen LogP contribution in [0.5, 0.6) is 0 Å². The van der Waals surface area contributed by atoms with Gasteiger partial charge < -0.3 is 5.32 Å². The molecule has 1 N–H and O–H groups in total. The minimum absolute atomic E-state index is 0.0235. The Morgan fingerprint density at radius 2 is 2.16 bits per heavy atom. The van der Waals surface area contributed by atoms with E-state index in [9.17, 15) is 18.0 Å². The Balaban J connectivity index is 1.98. The molecule has 1 aliphatic rings. The van der Waals surface area contributed by atoms with Crippen LogP contribution >= 0.6 is 0 Å². The van der Waals surface area contributed by atoms with Crippen molar-refractivity contribution in [3.63, 3.8) is 0 Å². The maximum atomic E-state index is 14.7. The Morgan fingerprint density at radius 1 is 1.39 bits per heavy atom. The van der Waals surface area contributed by atoms with Crippen molar-refractivity contribution in [1.29, 1.82) is 0 Å². The summed E-state index contributed by atoms with van der Waals surface area (Å²) in [5.74, 6) is -1.75. The van der Waals surface area contributed by atoms with Gasteiger partial charge in [-0.15, -0.1) is 6.42 Å². The quantitative estimate of drug-likeness (QED) is 0.689. The largest absolute Gasteiger partial charge is 0.345 e. The van der Waals surface area contributed by atoms with E-state index >= 15 is 0 Å². The van der Waals surface area contributed by atoms with Crippen molar-refractivity contribution < 1.29 is 18.0 Å². The molecule has 2 heterocycles. The summed E-state index contributed by atoms with van der Waals surface area (Å²) in [7, 11) is 0. The summed E-state index contributed by atoms with van der Waals surface area (Å²) in [4.78, 5) is 20.9. The van der Waals surface area contributed by atoms with Gasteiger partial charge >= 0.3 is 0 Å². The first kappa shape index (κ1) is 22.0. The van der Waals surface area contributed by atoms with Crippen LogP contribution in [0, 0.1) is 18.2 Å². The lowest BCUT2D eigenvalue weighted by molar-refractivity contribution is -0.00106. The molecule has 4 nitrogen and oxygen atoms in total. The zero-order valence-electron chi connectivity index (χ0n) is 16.9. The number of aromatic nitrogens is 1. The third-order valence-electron chi connectivity index (χ3n) is 4.98. The minimum Gasteiger partial charge on any atom is -0.345 e. The molecule has 0 aliphatic carbocycles. The topological polar surface area (TPSA) is 54.4 Å². The summed E-state index contributed by atoms with van der Waals surface area (Å²) in [6.45, 7) is 4.27. The summed E-state index contributed by atoms with van der Waals surface area (Å²) < 4.78 is 41.7. The second kappa shape index (κ2) is 9.00. The third kappa shape index (κ3) is 4.58. The molecule has 1 aliphatic heterocycles. The predicted molar refractivity (Wildman–Crippen MR) is 116 cm³/mol. The van der Waals surface area contributed by atoms with E-state index in [2.05, 4.69) is 27.8 Å². The van der Waals surface area contributed by atoms with Crippen LogP contribution in [0.15, 0.2) is 42.0 Å². The van der Waals surface area contributed by atoms with Gasteiger partial charge in [0.25, 0.3) is 11.8 Å². The van der Waals surface area contributed by atoms with Crippen LogP contribution < -0.4 is 5.32 Å². The average molecular weight is 423 g/mol. The van der Waals surface area contributed by atoms with Crippen molar-refractivity contribution in [1.82, 2.24) is 10.3 Å². The monoisotopic (exact) mass is 423 g/mol. The second-order valence-corrected chi connectivity index (χ2v) is 6.91. The first-order valence-corrected chi connectivity index (χ1v) is 9.61. The standard InChI is InChI=1S/C24H20F3N3O/c1-4-15-7-9-19(25)21(17(15)5-2)20-10-8-16-11-12-28-22(18(16)13-29-20)23(31)30-14-24(26,27)6-3/h1,5,7,9-13H,2,6,8,14H2,3H3,(H,30,31). The van der Waals surface area contributed by atoms with Gasteiger partial charge in [0.05, 0.1) is 12.2 Å². The molecule has 158 valence electrons. The van der Waals surface area contributed by atoms with Crippen LogP contribution in [0.2, 0.25) is 0 Å². The number of fused-ring (bicyclic) bond motifs is 1. The predicted octanol–water partition coefficient (Wildman–Crippen LogP) is 4.64. The Bertz CT molecular complexity index is 1140. The van der Waals surface area contributed by atoms with Crippen LogP contribution in [0.3, 0.4) is 0 Å². The van der Waals surface area contributed by atoms with Crippen LogP contribution in [-0.4, -0.2) is 29.6 Å². The average Bonchev–Trinajstić information content (AvgIpc) is 2.99. The fraction of sp³-hybridized carbons (Fsp3) is 0.208. The van der Waals surface area contributed by atoms with Crippen molar-refractivity contribution in [3.8, 4) is 12.3 Å². The molecule has 1 aromatic carbocycles. The highest BCUT2D eigenvalue weighted by molar-refractivity contribution is 6.03. The number of aliphatic imine (C=N–C) groups is 1. The molecule has 0 saturated heterocycles. The van der Waals surface area contributed by atoms with Crippen molar-refractivity contribution in [2.45, 2.75) is 25.7 Å². The summed E-state index contributed by atoms with van der Waals surface area (Å²) >= 11 is 0. The minimum atomic E-state index is -3.01. The maximum Gasteiger partial charge on any atom is 0.270 e. The number of alkyl halides is 2. The van der Waals surface area contributed by atoms with Gasteiger partial charge in [0, 0.05) is 41.1 Å². The molecule has 0 fully saturated rings. The van der Waals surface area contributed by atoms with Gasteiger partial charge in [-0.2, -0.15) is 0 Å². The van der Waals surface area contributed by atoms with E-state index in [1.807, 2.05) is 0 Å². The first-order valence-electron chi connectivity index (χ1n) is 9.61. The number of hydrogen-bond donors (Lipinski definition) is 1. The number of allylic oxidation sites excluding steroid dienone is 1. The van der Waals surface area contributed by atoms with E-state index in [0.29, 0.717) is 34.4 Å². The van der Waals surface area contributed by atoms with Crippen LogP contribution in [0.25, 0.3) is 11.8 Å². The lowest BCUT2D eigenvalue weighted by Crippen LogP contribution is -2.37. The van der Waals surface area contributed by atoms with Gasteiger partial charge in [-0.25, -0.2) is 13.2 Å². The number of amides is 1. The summed E-state index contributed by atoms with van der Waals surface area (Å²) in [6.07, 6.45) is 11.4. The smallest absolute Gasteiger partial charge is 0.270 e. The highest BCUT2D eigenvalue weighted by atomic mass is 19.3. The van der Waals surface area contributed by atoms with Crippen LogP contribution in [0.1, 0.15) is 51.7 Å². The lowest BCUT2D eigenvalue weighted by atomic mass is 9.97. The van der Waals surface area contributed by atoms with E-state index in [-0.39, 0.29) is 11.3 Å². The second-order valence-electron chi connectivity index (χ2n) is 6.91. The van der Waals surface area contributed by atoms with Gasteiger partial charge in [-0.1, -0.05) is 31.6 Å². The van der Waals surface area contributed by atoms with Crippen LogP contribution in [-0.2, 0) is 6.42 Å². The molecule has 1 aromatic heterocycles. The zero-order valence-corrected chi connectivity index (χ0v) is 16.9. The molecule has 0 saturated carbocycles. The highest BCUT2D eigenvalue weighted by Crippen LogP contribution is 2.30. The van der Waals surface area contributed by atoms with Gasteiger partial charge in [-0.3, -0.25) is 14.8 Å². The molecular weight excluding hydrogens is 403 g/mol. The van der Waals surface area contributed by atoms with Gasteiger partial charge in [0.2, 0.25) is 0 Å². The maximum absolute atomic E-state index is 14.7. The third-order valence-corrected chi connectivity index (χ3v) is 4.98. The number of nitrogens with zero attached hydrogens (tertiary/aromatic N) is 2. The SMILES string of the molecule is C#Cc1ccc(F)c(C2=CCc3ccnc(C(=O)NCC(F)(F)CC)c3C=N2)c1C=C. The molecular formula is C24H20F3N3O. The van der Waals surface area contributed by atoms with Crippen LogP contribution in [0.4, 0.5) is 13.2 Å². The molecule has 0 spiro atoms. The Hall–Kier alpha value is -3.66. The van der Waals surface area contributed by atoms with E-state index in [1.165, 1.54) is 37.5 Å². The highest BCUT2D eigenvalue weighted by Gasteiger charge is 2.28. The van der Waals surface area contributed by atoms with Gasteiger partial charge in [-0.05, 0) is 30.2 Å². The Kier molecular flexibility index (Phi) is 6.40. The molecule has 0 radical (unpaired) electrons. The number of benzene rings is 1. The van der Waals surface area contributed by atoms with Crippen molar-refractivity contribution in [3.05, 3.63) is 76.4 Å². The summed E-state index contributed by atoms with van der Waals surface area (Å²) in [5, 5.41) is 2.22. The number of halogens is 3. The van der Waals surface area contributed by atoms with Gasteiger partial charge in [0.15, 0.2) is 0 Å². The van der Waals surface area contributed by atoms with E-state index < -0.39 is 30.6 Å². The molecule has 7 heteroatoms. The fourth-order valence-corrected chi connectivity index (χ4v) is 3.19. The summed E-state index contributed by atoms with van der Waals surface area (Å²) in [5.41, 5.74) is 2.51. The molecule has 1 amide bonds. The number of carbonyl (C=O) groups excluding carboxylic acids is 1. The van der Waals surface area contributed by atoms with Crippen molar-refractivity contribution >= 4 is 23.9 Å². The zero-order chi connectivity index (χ0) is 22.6. The number of hydrogen-bond acceptors (Lipinski definition) is 3. The van der Waals surface area contributed by atoms with Gasteiger partial charge in [0.1, 0.15) is 11.5 Å². The fourth-order valence-electron chi connectivity index (χ4n) is 3.19. The molecule has 0 atom stereocenters. The molecule has 0 bridgehead atoms. The number of pyridine rings is 1. The molecule has 2 aromatic rings. The number of terminal acetylenes is 1. The number of nitrogens with one attached hydrogen (secondary N) is 1. The number of rotatable bonds is 6. The Morgan fingerprint density at radius 3 is 2.84 bits per heavy atom. The van der Waals surface area contributed by atoms with E-state index in [0.717, 1.165) is 0 Å². The van der Waals surface area contributed by atoms with Crippen molar-refractivity contribution in [2.75, 3.05) is 6.54 Å². The first-order chi connectivity index (χ1) is 14.8. The van der Waals surface area contributed by atoms with E-state index in [1.54, 1.807) is 12.1 Å². The number of carbonyl (C=O) groups is 1. The molecule has 0 unspecified atom stereocenters. The molecule has 3 rings (SSSR count). The normalized spacial score (nSPS) is 12.9. The summed E-state index contributed by atoms with van der Waals surface area (Å²) in [6, 6.07) is 4.45. The van der Waals surface area contributed by atoms with Crippen molar-refractivity contribution in [2.24, 2.45) is 4.99 Å². The molecule has 31 heavy (non-hydrogen) atoms. The van der Waals surface area contributed by atoms with E-state index in [4.69, 9.17) is 6.42 Å². The Labute approximate surface area is 178 Å². The lowest BCUT2D eigenvalue weighted by Gasteiger charge is -2.15.